The number of phenols is 1. The van der Waals surface area contributed by atoms with Crippen LogP contribution < -0.4 is 10.5 Å². The first-order valence-electron chi connectivity index (χ1n) is 15.8. The van der Waals surface area contributed by atoms with Crippen LogP contribution in [0.1, 0.15) is 62.8 Å². The molecule has 4 heterocycles. The van der Waals surface area contributed by atoms with Gasteiger partial charge >= 0.3 is 0 Å². The van der Waals surface area contributed by atoms with Crippen molar-refractivity contribution in [3.63, 3.8) is 0 Å². The largest absolute Gasteiger partial charge is 0.507 e. The summed E-state index contributed by atoms with van der Waals surface area (Å²) in [6.07, 6.45) is 6.78. The first kappa shape index (κ1) is 31.9. The van der Waals surface area contributed by atoms with Crippen LogP contribution in [0.3, 0.4) is 0 Å². The fourth-order valence-corrected chi connectivity index (χ4v) is 7.79. The summed E-state index contributed by atoms with van der Waals surface area (Å²) in [5.74, 6) is -2.85. The van der Waals surface area contributed by atoms with E-state index in [9.17, 15) is 23.1 Å². The number of rotatable bonds is 7. The molecule has 0 spiro atoms. The van der Waals surface area contributed by atoms with E-state index >= 15 is 8.78 Å². The van der Waals surface area contributed by atoms with E-state index in [2.05, 4.69) is 21.5 Å². The van der Waals surface area contributed by atoms with E-state index < -0.39 is 61.0 Å². The third-order valence-corrected chi connectivity index (χ3v) is 10.5. The number of benzene rings is 1. The highest BCUT2D eigenvalue weighted by molar-refractivity contribution is 7.90. The summed E-state index contributed by atoms with van der Waals surface area (Å²) < 4.78 is 60.1. The van der Waals surface area contributed by atoms with Gasteiger partial charge in [-0.05, 0) is 63.8 Å². The molecular formula is C34H34F2N6O5S. The summed E-state index contributed by atoms with van der Waals surface area (Å²) >= 11 is 0. The number of pyridine rings is 2. The predicted molar refractivity (Wildman–Crippen MR) is 175 cm³/mol. The Labute approximate surface area is 275 Å². The minimum absolute atomic E-state index is 0.00399. The normalized spacial score (nSPS) is 19.9. The second kappa shape index (κ2) is 11.5. The summed E-state index contributed by atoms with van der Waals surface area (Å²) in [7, 11) is -4.30. The van der Waals surface area contributed by atoms with Crippen molar-refractivity contribution in [1.82, 2.24) is 24.4 Å². The van der Waals surface area contributed by atoms with Gasteiger partial charge in [0.1, 0.15) is 23.6 Å². The minimum Gasteiger partial charge on any atom is -0.507 e. The molecule has 7 rings (SSSR count). The number of carbonyl (C=O) groups excluding carboxylic acids is 1. The number of nitrogens with zero attached hydrogens (tertiary/aromatic N) is 6. The van der Waals surface area contributed by atoms with Crippen molar-refractivity contribution in [1.29, 1.82) is 0 Å². The van der Waals surface area contributed by atoms with Crippen LogP contribution in [-0.2, 0) is 14.6 Å². The van der Waals surface area contributed by atoms with Crippen molar-refractivity contribution < 1.29 is 27.1 Å². The molecule has 1 aliphatic heterocycles. The van der Waals surface area contributed by atoms with Crippen molar-refractivity contribution >= 4 is 32.5 Å². The van der Waals surface area contributed by atoms with E-state index in [0.29, 0.717) is 17.1 Å². The Balaban J connectivity index is 1.62. The molecule has 0 bridgehead atoms. The van der Waals surface area contributed by atoms with E-state index in [-0.39, 0.29) is 47.6 Å². The Bertz CT molecular complexity index is 2150. The van der Waals surface area contributed by atoms with E-state index in [1.165, 1.54) is 24.5 Å². The number of hydrogen-bond acceptors (Lipinski definition) is 9. The fourth-order valence-electron chi connectivity index (χ4n) is 6.80. The molecule has 1 N–H and O–H groups in total. The van der Waals surface area contributed by atoms with Gasteiger partial charge in [-0.2, -0.15) is 0 Å². The lowest BCUT2D eigenvalue weighted by Gasteiger charge is -2.45. The quantitative estimate of drug-likeness (QED) is 0.279. The number of halogens is 2. The molecule has 250 valence electrons. The molecule has 14 heteroatoms. The molecule has 1 amide bonds. The zero-order valence-electron chi connectivity index (χ0n) is 26.7. The Morgan fingerprint density at radius 1 is 1.00 bits per heavy atom. The van der Waals surface area contributed by atoms with Gasteiger partial charge in [-0.3, -0.25) is 14.2 Å². The van der Waals surface area contributed by atoms with Crippen molar-refractivity contribution in [2.24, 2.45) is 0 Å². The maximum atomic E-state index is 16.3. The Kier molecular flexibility index (Phi) is 7.61. The van der Waals surface area contributed by atoms with E-state index in [4.69, 9.17) is 0 Å². The molecule has 0 radical (unpaired) electrons. The fraction of sp³-hybridized carbons (Fsp3) is 0.382. The highest BCUT2D eigenvalue weighted by Gasteiger charge is 2.40. The number of anilines is 1. The van der Waals surface area contributed by atoms with Crippen LogP contribution in [0, 0.1) is 11.6 Å². The molecule has 3 aromatic heterocycles. The Morgan fingerprint density at radius 3 is 2.21 bits per heavy atom. The number of fused-ring (bicyclic) bond motifs is 1. The zero-order chi connectivity index (χ0) is 34.2. The van der Waals surface area contributed by atoms with Gasteiger partial charge in [-0.15, -0.1) is 0 Å². The molecule has 1 aromatic carbocycles. The zero-order valence-corrected chi connectivity index (χ0v) is 27.5. The van der Waals surface area contributed by atoms with Gasteiger partial charge < -0.3 is 14.9 Å². The number of carbonyl (C=O) groups is 1. The molecule has 11 nitrogen and oxygen atoms in total. The third-order valence-electron chi connectivity index (χ3n) is 9.40. The molecule has 3 aliphatic rings. The van der Waals surface area contributed by atoms with Crippen LogP contribution in [0.4, 0.5) is 14.5 Å². The number of amides is 1. The summed E-state index contributed by atoms with van der Waals surface area (Å²) in [5.41, 5.74) is -0.755. The van der Waals surface area contributed by atoms with Crippen LogP contribution >= 0.6 is 0 Å². The van der Waals surface area contributed by atoms with E-state index in [0.717, 1.165) is 48.6 Å². The maximum Gasteiger partial charge on any atom is 0.277 e. The Hall–Kier alpha value is -4.72. The lowest BCUT2D eigenvalue weighted by Crippen LogP contribution is -2.58. The lowest BCUT2D eigenvalue weighted by atomic mass is 10.0. The third kappa shape index (κ3) is 5.22. The number of sulfone groups is 1. The molecule has 2 atom stereocenters. The van der Waals surface area contributed by atoms with Crippen molar-refractivity contribution in [2.75, 3.05) is 24.2 Å². The van der Waals surface area contributed by atoms with Gasteiger partial charge in [0.05, 0.1) is 28.3 Å². The average Bonchev–Trinajstić information content (AvgIpc) is 3.95. The van der Waals surface area contributed by atoms with Gasteiger partial charge in [0.2, 0.25) is 5.91 Å². The topological polar surface area (TPSA) is 139 Å². The molecule has 2 saturated carbocycles. The van der Waals surface area contributed by atoms with Crippen molar-refractivity contribution in [3.05, 3.63) is 76.6 Å². The van der Waals surface area contributed by atoms with Crippen LogP contribution in [0.25, 0.3) is 28.0 Å². The predicted octanol–water partition coefficient (Wildman–Crippen LogP) is 4.60. The van der Waals surface area contributed by atoms with E-state index in [1.54, 1.807) is 23.6 Å². The summed E-state index contributed by atoms with van der Waals surface area (Å²) in [5, 5.41) is 10.6. The summed E-state index contributed by atoms with van der Waals surface area (Å²) in [6, 6.07) is 3.61. The summed E-state index contributed by atoms with van der Waals surface area (Å²) in [4.78, 5) is 43.9. The highest BCUT2D eigenvalue weighted by atomic mass is 32.2. The SMILES string of the molecule is C=CC(=O)N1C[C@H](C)N(c2c(S(C)(=O)=O)c(=O)n(-c3c(C4CC4)ncnc3C3CC3)c3nc(-c4c(O)cccc4F)c(F)cc23)C[C@H]1C. The van der Waals surface area contributed by atoms with E-state index in [1.807, 2.05) is 0 Å². The van der Waals surface area contributed by atoms with Gasteiger partial charge in [0.25, 0.3) is 5.56 Å². The highest BCUT2D eigenvalue weighted by Crippen LogP contribution is 2.48. The number of phenolic OH excluding ortho intramolecular Hbond substituents is 1. The van der Waals surface area contributed by atoms with Crippen molar-refractivity contribution in [2.45, 2.75) is 68.3 Å². The van der Waals surface area contributed by atoms with Gasteiger partial charge in [0.15, 0.2) is 26.2 Å². The van der Waals surface area contributed by atoms with Crippen LogP contribution in [0.5, 0.6) is 5.75 Å². The van der Waals surface area contributed by atoms with Gasteiger partial charge in [-0.25, -0.2) is 32.2 Å². The minimum atomic E-state index is -4.30. The molecule has 4 aromatic rings. The number of piperazine rings is 1. The molecule has 1 saturated heterocycles. The maximum absolute atomic E-state index is 16.3. The number of hydrogen-bond donors (Lipinski definition) is 1. The average molecular weight is 677 g/mol. The first-order chi connectivity index (χ1) is 22.8. The molecule has 48 heavy (non-hydrogen) atoms. The molecular weight excluding hydrogens is 642 g/mol. The van der Waals surface area contributed by atoms with Crippen LogP contribution in [-0.4, -0.2) is 75.3 Å². The first-order valence-corrected chi connectivity index (χ1v) is 17.7. The van der Waals surface area contributed by atoms with Gasteiger partial charge in [0, 0.05) is 48.7 Å². The van der Waals surface area contributed by atoms with Crippen molar-refractivity contribution in [3.8, 4) is 22.7 Å². The Morgan fingerprint density at radius 2 is 1.65 bits per heavy atom. The number of aromatic nitrogens is 4. The van der Waals surface area contributed by atoms with Crippen LogP contribution in [0.2, 0.25) is 0 Å². The molecule has 3 fully saturated rings. The standard InChI is InChI=1S/C34H34F2N6O5S/c1-5-25(44)40-14-18(3)41(15-17(40)2)30-21-13-23(36)29(26-22(35)7-6-8-24(26)43)39-33(21)42(34(45)32(30)48(4,46)47)31-27(19-9-10-19)37-16-38-28(31)20-11-12-20/h5-8,13,16-20,43H,1,9-12,14-15H2,2-4H3/t17-,18+/m1/s1. The second-order valence-electron chi connectivity index (χ2n) is 13.0. The smallest absolute Gasteiger partial charge is 0.277 e. The van der Waals surface area contributed by atoms with Crippen LogP contribution in [0.15, 0.2) is 52.9 Å². The monoisotopic (exact) mass is 676 g/mol. The second-order valence-corrected chi connectivity index (χ2v) is 15.0. The lowest BCUT2D eigenvalue weighted by molar-refractivity contribution is -0.128. The molecule has 0 unspecified atom stereocenters. The molecule has 2 aliphatic carbocycles. The van der Waals surface area contributed by atoms with Gasteiger partial charge in [-0.1, -0.05) is 12.6 Å². The number of aromatic hydroxyl groups is 1. The summed E-state index contributed by atoms with van der Waals surface area (Å²) in [6.45, 7) is 7.41.